The Morgan fingerprint density at radius 2 is 1.92 bits per heavy atom. The molecule has 0 aliphatic carbocycles. The van der Waals surface area contributed by atoms with Crippen LogP contribution in [0.4, 0.5) is 0 Å². The van der Waals surface area contributed by atoms with Gasteiger partial charge in [0.1, 0.15) is 0 Å². The smallest absolute Gasteiger partial charge is 0.0678 e. The summed E-state index contributed by atoms with van der Waals surface area (Å²) < 4.78 is 0. The molecule has 0 radical (unpaired) electrons. The Labute approximate surface area is 83.5 Å². The van der Waals surface area contributed by atoms with E-state index in [1.54, 1.807) is 0 Å². The van der Waals surface area contributed by atoms with E-state index >= 15 is 0 Å². The monoisotopic (exact) mass is 202 g/mol. The van der Waals surface area contributed by atoms with Gasteiger partial charge in [-0.1, -0.05) is 36.7 Å². The van der Waals surface area contributed by atoms with E-state index < -0.39 is 0 Å². The molecular formula is C10H12Cl2. The molecule has 0 fully saturated rings. The Hall–Kier alpha value is -0.200. The summed E-state index contributed by atoms with van der Waals surface area (Å²) in [4.78, 5) is -0.335. The van der Waals surface area contributed by atoms with Crippen LogP contribution in [0.3, 0.4) is 0 Å². The Morgan fingerprint density at radius 1 is 1.33 bits per heavy atom. The molecule has 1 aromatic rings. The lowest BCUT2D eigenvalue weighted by atomic mass is 9.98. The minimum atomic E-state index is -0.335. The Balaban J connectivity index is 3.10. The van der Waals surface area contributed by atoms with Crippen molar-refractivity contribution in [2.24, 2.45) is 0 Å². The summed E-state index contributed by atoms with van der Waals surface area (Å²) in [6, 6.07) is 7.71. The van der Waals surface area contributed by atoms with Crippen LogP contribution in [0.5, 0.6) is 0 Å². The van der Waals surface area contributed by atoms with Crippen LogP contribution < -0.4 is 0 Å². The van der Waals surface area contributed by atoms with Crippen molar-refractivity contribution in [1.29, 1.82) is 0 Å². The topological polar surface area (TPSA) is 0 Å². The van der Waals surface area contributed by atoms with Crippen LogP contribution in [0.15, 0.2) is 24.3 Å². The molecule has 1 unspecified atom stereocenters. The van der Waals surface area contributed by atoms with E-state index in [0.717, 1.165) is 17.0 Å². The molecular weight excluding hydrogens is 191 g/mol. The van der Waals surface area contributed by atoms with Crippen LogP contribution >= 0.6 is 23.2 Å². The maximum absolute atomic E-state index is 6.27. The molecule has 2 heteroatoms. The zero-order valence-electron chi connectivity index (χ0n) is 7.27. The lowest BCUT2D eigenvalue weighted by Crippen LogP contribution is -2.12. The van der Waals surface area contributed by atoms with Crippen molar-refractivity contribution < 1.29 is 0 Å². The first-order valence-electron chi connectivity index (χ1n) is 4.02. The van der Waals surface area contributed by atoms with Crippen molar-refractivity contribution in [3.8, 4) is 0 Å². The summed E-state index contributed by atoms with van der Waals surface area (Å²) in [7, 11) is 0. The van der Waals surface area contributed by atoms with Crippen LogP contribution in [0.25, 0.3) is 0 Å². The first-order chi connectivity index (χ1) is 5.58. The highest BCUT2D eigenvalue weighted by atomic mass is 35.5. The molecule has 0 heterocycles. The second-order valence-corrected chi connectivity index (χ2v) is 4.27. The van der Waals surface area contributed by atoms with Crippen LogP contribution in [-0.2, 0) is 4.87 Å². The van der Waals surface area contributed by atoms with Crippen molar-refractivity contribution in [2.75, 3.05) is 0 Å². The second-order valence-electron chi connectivity index (χ2n) is 3.03. The number of alkyl halides is 1. The summed E-state index contributed by atoms with van der Waals surface area (Å²) in [5, 5.41) is 0.747. The van der Waals surface area contributed by atoms with Crippen molar-refractivity contribution in [1.82, 2.24) is 0 Å². The zero-order chi connectivity index (χ0) is 9.19. The van der Waals surface area contributed by atoms with Gasteiger partial charge in [0.2, 0.25) is 0 Å². The van der Waals surface area contributed by atoms with E-state index in [1.807, 2.05) is 31.2 Å². The number of hydrogen-bond donors (Lipinski definition) is 0. The van der Waals surface area contributed by atoms with Gasteiger partial charge in [-0.15, -0.1) is 11.6 Å². The molecule has 1 atom stereocenters. The van der Waals surface area contributed by atoms with Gasteiger partial charge >= 0.3 is 0 Å². The third-order valence-electron chi connectivity index (χ3n) is 2.10. The molecule has 0 N–H and O–H groups in total. The average Bonchev–Trinajstić information content (AvgIpc) is 2.05. The number of benzene rings is 1. The molecule has 0 bridgehead atoms. The Bertz CT molecular complexity index is 266. The molecule has 0 saturated carbocycles. The van der Waals surface area contributed by atoms with Crippen molar-refractivity contribution in [3.05, 3.63) is 34.9 Å². The summed E-state index contributed by atoms with van der Waals surface area (Å²) in [6.45, 7) is 4.03. The van der Waals surface area contributed by atoms with Crippen molar-refractivity contribution in [3.63, 3.8) is 0 Å². The van der Waals surface area contributed by atoms with E-state index in [4.69, 9.17) is 23.2 Å². The molecule has 1 rings (SSSR count). The summed E-state index contributed by atoms with van der Waals surface area (Å²) in [6.07, 6.45) is 0.873. The van der Waals surface area contributed by atoms with Gasteiger partial charge in [0.05, 0.1) is 4.87 Å². The van der Waals surface area contributed by atoms with E-state index in [2.05, 4.69) is 6.92 Å². The van der Waals surface area contributed by atoms with Gasteiger partial charge in [0.15, 0.2) is 0 Å². The molecule has 0 aliphatic heterocycles. The van der Waals surface area contributed by atoms with Gasteiger partial charge in [0.25, 0.3) is 0 Å². The lowest BCUT2D eigenvalue weighted by Gasteiger charge is -2.21. The minimum Gasteiger partial charge on any atom is -0.114 e. The number of rotatable bonds is 2. The highest BCUT2D eigenvalue weighted by molar-refractivity contribution is 6.33. The van der Waals surface area contributed by atoms with Gasteiger partial charge in [-0.25, -0.2) is 0 Å². The summed E-state index contributed by atoms with van der Waals surface area (Å²) in [5.41, 5.74) is 1.01. The normalized spacial score (nSPS) is 15.7. The molecule has 0 saturated heterocycles. The Kier molecular flexibility index (Phi) is 3.03. The molecule has 0 nitrogen and oxygen atoms in total. The predicted molar refractivity (Wildman–Crippen MR) is 54.9 cm³/mol. The minimum absolute atomic E-state index is 0.335. The molecule has 0 amide bonds. The largest absolute Gasteiger partial charge is 0.114 e. The third kappa shape index (κ3) is 1.94. The number of halogens is 2. The second kappa shape index (κ2) is 3.68. The Morgan fingerprint density at radius 3 is 2.42 bits per heavy atom. The standard InChI is InChI=1S/C10H12Cl2/c1-3-10(2,12)8-6-4-5-7-9(8)11/h4-7H,3H2,1-2H3. The molecule has 0 aliphatic rings. The van der Waals surface area contributed by atoms with E-state index in [9.17, 15) is 0 Å². The van der Waals surface area contributed by atoms with E-state index in [1.165, 1.54) is 0 Å². The van der Waals surface area contributed by atoms with E-state index in [0.29, 0.717) is 0 Å². The third-order valence-corrected chi connectivity index (χ3v) is 2.90. The SMILES string of the molecule is CCC(C)(Cl)c1ccccc1Cl. The van der Waals surface area contributed by atoms with Crippen molar-refractivity contribution in [2.45, 2.75) is 25.1 Å². The average molecular weight is 203 g/mol. The van der Waals surface area contributed by atoms with Crippen LogP contribution in [0.1, 0.15) is 25.8 Å². The van der Waals surface area contributed by atoms with Crippen molar-refractivity contribution >= 4 is 23.2 Å². The number of hydrogen-bond acceptors (Lipinski definition) is 0. The van der Waals surface area contributed by atoms with Crippen LogP contribution in [0.2, 0.25) is 5.02 Å². The van der Waals surface area contributed by atoms with Gasteiger partial charge < -0.3 is 0 Å². The fourth-order valence-electron chi connectivity index (χ4n) is 1.07. The summed E-state index contributed by atoms with van der Waals surface area (Å²) >= 11 is 12.3. The quantitative estimate of drug-likeness (QED) is 0.631. The molecule has 1 aromatic carbocycles. The fourth-order valence-corrected chi connectivity index (χ4v) is 1.63. The predicted octanol–water partition coefficient (Wildman–Crippen LogP) is 4.20. The lowest BCUT2D eigenvalue weighted by molar-refractivity contribution is 0.651. The highest BCUT2D eigenvalue weighted by Gasteiger charge is 2.22. The van der Waals surface area contributed by atoms with E-state index in [-0.39, 0.29) is 4.87 Å². The summed E-state index contributed by atoms with van der Waals surface area (Å²) in [5.74, 6) is 0. The van der Waals surface area contributed by atoms with Gasteiger partial charge in [-0.3, -0.25) is 0 Å². The highest BCUT2D eigenvalue weighted by Crippen LogP contribution is 2.35. The van der Waals surface area contributed by atoms with Gasteiger partial charge in [-0.2, -0.15) is 0 Å². The first kappa shape index (κ1) is 9.88. The molecule has 0 spiro atoms. The van der Waals surface area contributed by atoms with Gasteiger partial charge in [0, 0.05) is 5.02 Å². The van der Waals surface area contributed by atoms with Crippen LogP contribution in [-0.4, -0.2) is 0 Å². The molecule has 12 heavy (non-hydrogen) atoms. The van der Waals surface area contributed by atoms with Gasteiger partial charge in [-0.05, 0) is 25.0 Å². The molecule has 66 valence electrons. The maximum atomic E-state index is 6.27. The first-order valence-corrected chi connectivity index (χ1v) is 4.77. The zero-order valence-corrected chi connectivity index (χ0v) is 8.78. The maximum Gasteiger partial charge on any atom is 0.0678 e. The molecule has 0 aromatic heterocycles. The van der Waals surface area contributed by atoms with Crippen LogP contribution in [0, 0.1) is 0 Å². The fraction of sp³-hybridized carbons (Fsp3) is 0.400.